The summed E-state index contributed by atoms with van der Waals surface area (Å²) in [7, 11) is -4.76. The number of esters is 3. The first-order valence-electron chi connectivity index (χ1n) is 28.8. The van der Waals surface area contributed by atoms with Gasteiger partial charge < -0.3 is 24.2 Å². The normalized spacial score (nSPS) is 14.2. The predicted octanol–water partition coefficient (Wildman–Crippen LogP) is 17.0. The lowest BCUT2D eigenvalue weighted by Crippen LogP contribution is -2.30. The highest BCUT2D eigenvalue weighted by atomic mass is 31.2. The minimum Gasteiger partial charge on any atom is -0.462 e. The van der Waals surface area contributed by atoms with Gasteiger partial charge in [-0.25, -0.2) is 4.57 Å². The summed E-state index contributed by atoms with van der Waals surface area (Å²) in [6, 6.07) is 0. The standard InChI is InChI=1S/C62H103O11P/c1-4-7-10-13-16-19-22-24-26-28-29-31-33-35-38-41-44-47-50-53-62(66)73-59(55-69-60(64)51-48-45-42-39-37-34-32-30-27-25-23-20-17-14-11-8-5-2)57-71-74(67,68)70-56-58(54-63)72-61(65)52-49-46-43-40-36-21-18-15-12-9-6-3/h7-8,10-11,15-20,24-27,29,31-32,34,58-59,63H,4-6,9,12-14,21-23,28,30,33,35-57H2,1-3H3,(H,67,68)/b10-7-,11-8-,18-15-,19-16-,20-17-,26-24-,27-25-,31-29-,34-32-. The van der Waals surface area contributed by atoms with E-state index in [0.717, 1.165) is 154 Å². The molecular weight excluding hydrogens is 952 g/mol. The molecule has 0 aromatic carbocycles. The first-order chi connectivity index (χ1) is 36.2. The highest BCUT2D eigenvalue weighted by Crippen LogP contribution is 2.43. The zero-order valence-corrected chi connectivity index (χ0v) is 47.4. The second kappa shape index (κ2) is 55.4. The molecule has 0 bridgehead atoms. The number of aliphatic hydroxyl groups is 1. The molecule has 0 aliphatic heterocycles. The van der Waals surface area contributed by atoms with E-state index in [1.165, 1.54) is 12.8 Å². The van der Waals surface area contributed by atoms with Crippen molar-refractivity contribution in [1.29, 1.82) is 0 Å². The average molecular weight is 1060 g/mol. The number of rotatable bonds is 52. The summed E-state index contributed by atoms with van der Waals surface area (Å²) in [5, 5.41) is 9.79. The number of phosphoric ester groups is 1. The minimum atomic E-state index is -4.76. The first kappa shape index (κ1) is 70.1. The van der Waals surface area contributed by atoms with Crippen LogP contribution in [0.25, 0.3) is 0 Å². The molecule has 0 aromatic rings. The van der Waals surface area contributed by atoms with Crippen LogP contribution < -0.4 is 0 Å². The third-order valence-electron chi connectivity index (χ3n) is 11.7. The lowest BCUT2D eigenvalue weighted by atomic mass is 10.1. The molecule has 2 N–H and O–H groups in total. The molecule has 0 fully saturated rings. The summed E-state index contributed by atoms with van der Waals surface area (Å²) >= 11 is 0. The third kappa shape index (κ3) is 53.0. The maximum Gasteiger partial charge on any atom is 0.472 e. The fraction of sp³-hybridized carbons (Fsp3) is 0.661. The quantitative estimate of drug-likeness (QED) is 0.0197. The molecule has 12 heteroatoms. The van der Waals surface area contributed by atoms with Crippen LogP contribution in [-0.2, 0) is 42.2 Å². The molecule has 0 saturated carbocycles. The van der Waals surface area contributed by atoms with E-state index in [-0.39, 0.29) is 25.9 Å². The van der Waals surface area contributed by atoms with Crippen LogP contribution in [0.3, 0.4) is 0 Å². The van der Waals surface area contributed by atoms with Crippen LogP contribution >= 0.6 is 7.82 Å². The van der Waals surface area contributed by atoms with Crippen LogP contribution in [-0.4, -0.2) is 66.5 Å². The zero-order chi connectivity index (χ0) is 54.1. The number of allylic oxidation sites excluding steroid dienone is 18. The van der Waals surface area contributed by atoms with Crippen LogP contribution in [0.1, 0.15) is 226 Å². The molecule has 0 aromatic heterocycles. The molecule has 0 rings (SSSR count). The van der Waals surface area contributed by atoms with Crippen molar-refractivity contribution < 1.29 is 52.2 Å². The highest BCUT2D eigenvalue weighted by Gasteiger charge is 2.28. The van der Waals surface area contributed by atoms with Crippen molar-refractivity contribution in [2.45, 2.75) is 238 Å². The Morgan fingerprint density at radius 2 is 0.703 bits per heavy atom. The maximum atomic E-state index is 12.9. The van der Waals surface area contributed by atoms with Gasteiger partial charge in [0.25, 0.3) is 0 Å². The fourth-order valence-corrected chi connectivity index (χ4v) is 8.10. The number of hydrogen-bond donors (Lipinski definition) is 2. The number of ether oxygens (including phenoxy) is 3. The van der Waals surface area contributed by atoms with Gasteiger partial charge in [-0.1, -0.05) is 201 Å². The second-order valence-electron chi connectivity index (χ2n) is 18.7. The molecule has 0 heterocycles. The van der Waals surface area contributed by atoms with E-state index in [4.69, 9.17) is 23.3 Å². The highest BCUT2D eigenvalue weighted by molar-refractivity contribution is 7.47. The minimum absolute atomic E-state index is 0.140. The Labute approximate surface area is 450 Å². The smallest absolute Gasteiger partial charge is 0.462 e. The van der Waals surface area contributed by atoms with E-state index in [1.54, 1.807) is 0 Å². The van der Waals surface area contributed by atoms with Crippen LogP contribution in [0.2, 0.25) is 0 Å². The van der Waals surface area contributed by atoms with Crippen molar-refractivity contribution in [2.75, 3.05) is 26.4 Å². The number of aliphatic hydroxyl groups excluding tert-OH is 1. The summed E-state index contributed by atoms with van der Waals surface area (Å²) in [6.45, 7) is 4.31. The SMILES string of the molecule is CC/C=C\C/C=C\C/C=C\C/C=C\CCCCCCCCC(=O)OC(COC(=O)CCCCCC/C=C\C/C=C\C/C=C\C/C=C\CC)COP(=O)(O)OCC(CO)OC(=O)CCCCCCC/C=C\CCCC. The molecule has 11 nitrogen and oxygen atoms in total. The Balaban J connectivity index is 4.82. The van der Waals surface area contributed by atoms with Crippen molar-refractivity contribution in [3.63, 3.8) is 0 Å². The van der Waals surface area contributed by atoms with Gasteiger partial charge in [-0.05, 0) is 116 Å². The van der Waals surface area contributed by atoms with Gasteiger partial charge in [-0.2, -0.15) is 0 Å². The molecule has 422 valence electrons. The fourth-order valence-electron chi connectivity index (χ4n) is 7.32. The van der Waals surface area contributed by atoms with Crippen molar-refractivity contribution >= 4 is 25.7 Å². The van der Waals surface area contributed by atoms with Crippen molar-refractivity contribution in [3.8, 4) is 0 Å². The van der Waals surface area contributed by atoms with Gasteiger partial charge in [0.15, 0.2) is 6.10 Å². The first-order valence-corrected chi connectivity index (χ1v) is 30.3. The number of unbranched alkanes of at least 4 members (excludes halogenated alkanes) is 17. The van der Waals surface area contributed by atoms with E-state index >= 15 is 0 Å². The molecule has 3 atom stereocenters. The Bertz CT molecular complexity index is 1660. The number of carbonyl (C=O) groups excluding carboxylic acids is 3. The van der Waals surface area contributed by atoms with Gasteiger partial charge in [0.2, 0.25) is 0 Å². The maximum absolute atomic E-state index is 12.9. The monoisotopic (exact) mass is 1050 g/mol. The third-order valence-corrected chi connectivity index (χ3v) is 12.6. The van der Waals surface area contributed by atoms with Crippen molar-refractivity contribution in [2.24, 2.45) is 0 Å². The number of phosphoric acid groups is 1. The van der Waals surface area contributed by atoms with E-state index in [2.05, 4.69) is 130 Å². The second-order valence-corrected chi connectivity index (χ2v) is 20.1. The lowest BCUT2D eigenvalue weighted by Gasteiger charge is -2.21. The van der Waals surface area contributed by atoms with E-state index in [1.807, 2.05) is 0 Å². The molecule has 74 heavy (non-hydrogen) atoms. The summed E-state index contributed by atoms with van der Waals surface area (Å²) in [5.41, 5.74) is 0. The van der Waals surface area contributed by atoms with E-state index in [9.17, 15) is 28.9 Å². The van der Waals surface area contributed by atoms with Crippen LogP contribution in [0, 0.1) is 0 Å². The van der Waals surface area contributed by atoms with Crippen LogP contribution in [0.5, 0.6) is 0 Å². The van der Waals surface area contributed by atoms with Crippen molar-refractivity contribution in [3.05, 3.63) is 109 Å². The van der Waals surface area contributed by atoms with Crippen molar-refractivity contribution in [1.82, 2.24) is 0 Å². The molecule has 0 spiro atoms. The summed E-state index contributed by atoms with van der Waals surface area (Å²) in [6.07, 6.45) is 66.2. The molecular formula is C62H103O11P. The molecule has 0 radical (unpaired) electrons. The van der Waals surface area contributed by atoms with Gasteiger partial charge in [0.1, 0.15) is 12.7 Å². The van der Waals surface area contributed by atoms with Crippen LogP contribution in [0.15, 0.2) is 109 Å². The molecule has 3 unspecified atom stereocenters. The topological polar surface area (TPSA) is 155 Å². The van der Waals surface area contributed by atoms with Gasteiger partial charge >= 0.3 is 25.7 Å². The Morgan fingerprint density at radius 1 is 0.392 bits per heavy atom. The number of hydrogen-bond acceptors (Lipinski definition) is 10. The Morgan fingerprint density at radius 3 is 1.09 bits per heavy atom. The molecule has 0 saturated heterocycles. The van der Waals surface area contributed by atoms with Crippen LogP contribution in [0.4, 0.5) is 0 Å². The van der Waals surface area contributed by atoms with Gasteiger partial charge in [-0.3, -0.25) is 23.4 Å². The molecule has 0 amide bonds. The Kier molecular flexibility index (Phi) is 52.5. The van der Waals surface area contributed by atoms with Gasteiger partial charge in [-0.15, -0.1) is 0 Å². The van der Waals surface area contributed by atoms with E-state index in [0.29, 0.717) is 19.3 Å². The summed E-state index contributed by atoms with van der Waals surface area (Å²) in [4.78, 5) is 48.5. The Hall–Kier alpha value is -3.86. The zero-order valence-electron chi connectivity index (χ0n) is 46.5. The number of carbonyl (C=O) groups is 3. The van der Waals surface area contributed by atoms with E-state index < -0.39 is 57.8 Å². The predicted molar refractivity (Wildman–Crippen MR) is 307 cm³/mol. The molecule has 0 aliphatic rings. The lowest BCUT2D eigenvalue weighted by molar-refractivity contribution is -0.161. The largest absolute Gasteiger partial charge is 0.472 e. The average Bonchev–Trinajstić information content (AvgIpc) is 3.39. The summed E-state index contributed by atoms with van der Waals surface area (Å²) in [5.74, 6) is -1.53. The van der Waals surface area contributed by atoms with Gasteiger partial charge in [0.05, 0.1) is 19.8 Å². The summed E-state index contributed by atoms with van der Waals surface area (Å²) < 4.78 is 39.5. The molecule has 0 aliphatic carbocycles. The van der Waals surface area contributed by atoms with Gasteiger partial charge in [0, 0.05) is 19.3 Å².